The van der Waals surface area contributed by atoms with Gasteiger partial charge in [-0.15, -0.1) is 0 Å². The molecule has 7 atom stereocenters. The van der Waals surface area contributed by atoms with E-state index in [9.17, 15) is 50.4 Å². The molecule has 13 nitrogen and oxygen atoms in total. The number of carbonyl (C=O) groups excluding carboxylic acids is 1. The number of carboxylic acids is 1. The Kier molecular flexibility index (Phi) is 7.99. The lowest BCUT2D eigenvalue weighted by molar-refractivity contribution is -0.149. The van der Waals surface area contributed by atoms with Gasteiger partial charge in [0, 0.05) is 12.3 Å². The first-order valence-electron chi connectivity index (χ1n) is 11.9. The maximum atomic E-state index is 13.2. The smallest absolute Gasteiger partial charge is 0.335 e. The largest absolute Gasteiger partial charge is 0.504 e. The van der Waals surface area contributed by atoms with Crippen LogP contribution in [0.1, 0.15) is 29.0 Å². The van der Waals surface area contributed by atoms with E-state index in [1.807, 2.05) is 0 Å². The number of phenols is 4. The van der Waals surface area contributed by atoms with Crippen LogP contribution in [-0.4, -0.2) is 102 Å². The number of aromatic hydroxyl groups is 4. The molecule has 0 bridgehead atoms. The van der Waals surface area contributed by atoms with E-state index < -0.39 is 90.5 Å². The van der Waals surface area contributed by atoms with Crippen LogP contribution in [0.3, 0.4) is 0 Å². The summed E-state index contributed by atoms with van der Waals surface area (Å²) in [7, 11) is 0. The maximum Gasteiger partial charge on any atom is 0.335 e. The van der Waals surface area contributed by atoms with Crippen molar-refractivity contribution in [2.24, 2.45) is 5.92 Å². The van der Waals surface area contributed by atoms with E-state index in [4.69, 9.17) is 14.6 Å². The first kappa shape index (κ1) is 28.1. The standard InChI is InChI=1S/C26H28O13/c27-8-12(28)6-19-23(33)24(34)20(39-19)9-38-26(37)14-3-11-5-17(31)18(32)7-13(11)21(22(14)25(35)36)10-1-2-15(29)16(30)4-10/h1-5,7,12,19-24,27-34H,6,8-9H2,(H,35,36)/t12-,19+,20-,21-,22-,23-,24+/m1/s1. The van der Waals surface area contributed by atoms with Gasteiger partial charge in [0.25, 0.3) is 0 Å². The average Bonchev–Trinajstić information content (AvgIpc) is 3.16. The zero-order chi connectivity index (χ0) is 28.6. The van der Waals surface area contributed by atoms with Crippen LogP contribution in [0.2, 0.25) is 0 Å². The second-order valence-corrected chi connectivity index (χ2v) is 9.48. The molecule has 1 heterocycles. The Labute approximate surface area is 221 Å². The van der Waals surface area contributed by atoms with Crippen LogP contribution in [-0.2, 0) is 19.1 Å². The molecule has 0 aromatic heterocycles. The van der Waals surface area contributed by atoms with Gasteiger partial charge in [0.2, 0.25) is 0 Å². The molecular formula is C26H28O13. The number of aliphatic hydroxyl groups excluding tert-OH is 4. The van der Waals surface area contributed by atoms with Gasteiger partial charge in [-0.1, -0.05) is 6.07 Å². The molecule has 210 valence electrons. The maximum absolute atomic E-state index is 13.2. The number of esters is 1. The Balaban J connectivity index is 1.65. The molecule has 0 spiro atoms. The highest BCUT2D eigenvalue weighted by Crippen LogP contribution is 2.47. The van der Waals surface area contributed by atoms with Crippen molar-refractivity contribution in [3.63, 3.8) is 0 Å². The number of aliphatic carboxylic acids is 1. The highest BCUT2D eigenvalue weighted by Gasteiger charge is 2.45. The summed E-state index contributed by atoms with van der Waals surface area (Å²) in [6.07, 6.45) is -5.45. The van der Waals surface area contributed by atoms with Crippen molar-refractivity contribution >= 4 is 18.0 Å². The average molecular weight is 548 g/mol. The normalized spacial score (nSPS) is 26.9. The lowest BCUT2D eigenvalue weighted by Crippen LogP contribution is -2.37. The topological polar surface area (TPSA) is 235 Å². The van der Waals surface area contributed by atoms with E-state index in [1.54, 1.807) is 0 Å². The molecule has 0 radical (unpaired) electrons. The summed E-state index contributed by atoms with van der Waals surface area (Å²) in [4.78, 5) is 25.7. The van der Waals surface area contributed by atoms with E-state index in [-0.39, 0.29) is 28.7 Å². The van der Waals surface area contributed by atoms with Gasteiger partial charge in [-0.2, -0.15) is 0 Å². The third-order valence-corrected chi connectivity index (χ3v) is 6.91. The Morgan fingerprint density at radius 2 is 1.56 bits per heavy atom. The number of carbonyl (C=O) groups is 2. The number of ether oxygens (including phenoxy) is 2. The number of carboxylic acid groups (broad SMARTS) is 1. The van der Waals surface area contributed by atoms with Crippen LogP contribution < -0.4 is 0 Å². The quantitative estimate of drug-likeness (QED) is 0.150. The molecule has 9 N–H and O–H groups in total. The monoisotopic (exact) mass is 548 g/mol. The molecule has 13 heteroatoms. The molecule has 1 saturated heterocycles. The van der Waals surface area contributed by atoms with Crippen LogP contribution in [0.4, 0.5) is 0 Å². The van der Waals surface area contributed by atoms with Gasteiger partial charge in [-0.3, -0.25) is 4.79 Å². The summed E-state index contributed by atoms with van der Waals surface area (Å²) in [6.45, 7) is -1.19. The van der Waals surface area contributed by atoms with E-state index in [0.29, 0.717) is 0 Å². The minimum atomic E-state index is -1.61. The molecule has 2 aromatic carbocycles. The Hall–Kier alpha value is -3.88. The van der Waals surface area contributed by atoms with Gasteiger partial charge in [0.1, 0.15) is 24.9 Å². The highest BCUT2D eigenvalue weighted by atomic mass is 16.6. The van der Waals surface area contributed by atoms with Gasteiger partial charge in [-0.05, 0) is 47.0 Å². The minimum Gasteiger partial charge on any atom is -0.504 e. The van der Waals surface area contributed by atoms with Crippen molar-refractivity contribution in [1.29, 1.82) is 0 Å². The van der Waals surface area contributed by atoms with Crippen molar-refractivity contribution < 1.29 is 65.0 Å². The van der Waals surface area contributed by atoms with Crippen LogP contribution >= 0.6 is 0 Å². The second kappa shape index (κ2) is 11.1. The summed E-state index contributed by atoms with van der Waals surface area (Å²) < 4.78 is 10.7. The van der Waals surface area contributed by atoms with Gasteiger partial charge < -0.3 is 55.4 Å². The summed E-state index contributed by atoms with van der Waals surface area (Å²) >= 11 is 0. The Morgan fingerprint density at radius 1 is 0.923 bits per heavy atom. The SMILES string of the molecule is O=C(OC[C@H]1O[C@@H](C[C@@H](O)CO)[C@@H](O)[C@H]1O)C1=Cc2cc(O)c(O)cc2[C@@H](c2ccc(O)c(O)c2)[C@@H]1C(=O)O. The number of hydrogen-bond donors (Lipinski definition) is 9. The summed E-state index contributed by atoms with van der Waals surface area (Å²) in [5, 5.41) is 89.1. The Morgan fingerprint density at radius 3 is 2.21 bits per heavy atom. The second-order valence-electron chi connectivity index (χ2n) is 9.48. The van der Waals surface area contributed by atoms with Crippen molar-refractivity contribution in [3.8, 4) is 23.0 Å². The van der Waals surface area contributed by atoms with Gasteiger partial charge in [0.15, 0.2) is 23.0 Å². The van der Waals surface area contributed by atoms with Gasteiger partial charge >= 0.3 is 11.9 Å². The Bertz CT molecular complexity index is 1290. The van der Waals surface area contributed by atoms with Gasteiger partial charge in [0.05, 0.1) is 30.3 Å². The molecule has 0 amide bonds. The van der Waals surface area contributed by atoms with Crippen LogP contribution in [0, 0.1) is 5.92 Å². The predicted molar refractivity (Wildman–Crippen MR) is 130 cm³/mol. The molecule has 2 aromatic rings. The van der Waals surface area contributed by atoms with Crippen molar-refractivity contribution in [3.05, 3.63) is 52.6 Å². The highest BCUT2D eigenvalue weighted by molar-refractivity contribution is 6.01. The summed E-state index contributed by atoms with van der Waals surface area (Å²) in [5.41, 5.74) is 0.198. The molecule has 1 aliphatic carbocycles. The summed E-state index contributed by atoms with van der Waals surface area (Å²) in [5.74, 6) is -7.45. The minimum absolute atomic E-state index is 0.172. The van der Waals surface area contributed by atoms with E-state index in [2.05, 4.69) is 0 Å². The fourth-order valence-corrected chi connectivity index (χ4v) is 4.93. The predicted octanol–water partition coefficient (Wildman–Crippen LogP) is -0.486. The molecule has 2 aliphatic rings. The molecule has 0 unspecified atom stereocenters. The first-order chi connectivity index (χ1) is 18.4. The zero-order valence-corrected chi connectivity index (χ0v) is 20.3. The number of phenolic OH excluding ortho intramolecular Hbond substituents is 4. The fourth-order valence-electron chi connectivity index (χ4n) is 4.93. The molecule has 0 saturated carbocycles. The molecular weight excluding hydrogens is 520 g/mol. The third kappa shape index (κ3) is 5.48. The lowest BCUT2D eigenvalue weighted by Gasteiger charge is -2.32. The number of benzene rings is 2. The number of rotatable bonds is 8. The summed E-state index contributed by atoms with van der Waals surface area (Å²) in [6, 6.07) is 5.85. The number of hydrogen-bond acceptors (Lipinski definition) is 12. The van der Waals surface area contributed by atoms with Crippen LogP contribution in [0.25, 0.3) is 6.08 Å². The lowest BCUT2D eigenvalue weighted by atomic mass is 9.71. The molecule has 1 fully saturated rings. The zero-order valence-electron chi connectivity index (χ0n) is 20.3. The van der Waals surface area contributed by atoms with Gasteiger partial charge in [-0.25, -0.2) is 4.79 Å². The van der Waals surface area contributed by atoms with Crippen LogP contribution in [0.5, 0.6) is 23.0 Å². The fraction of sp³-hybridized carbons (Fsp3) is 0.385. The molecule has 1 aliphatic heterocycles. The third-order valence-electron chi connectivity index (χ3n) is 6.91. The van der Waals surface area contributed by atoms with Crippen LogP contribution in [0.15, 0.2) is 35.9 Å². The first-order valence-corrected chi connectivity index (χ1v) is 11.9. The van der Waals surface area contributed by atoms with Crippen molar-refractivity contribution in [2.45, 2.75) is 42.9 Å². The number of aliphatic hydroxyl groups is 4. The van der Waals surface area contributed by atoms with E-state index in [0.717, 1.165) is 24.3 Å². The van der Waals surface area contributed by atoms with Crippen molar-refractivity contribution in [2.75, 3.05) is 13.2 Å². The van der Waals surface area contributed by atoms with E-state index in [1.165, 1.54) is 12.1 Å². The molecule has 4 rings (SSSR count). The number of fused-ring (bicyclic) bond motifs is 1. The van der Waals surface area contributed by atoms with Crippen molar-refractivity contribution in [1.82, 2.24) is 0 Å². The van der Waals surface area contributed by atoms with E-state index >= 15 is 0 Å². The molecule has 39 heavy (non-hydrogen) atoms.